The molecule has 0 aromatic carbocycles. The number of carbonyl (C=O) groups is 1. The van der Waals surface area contributed by atoms with Gasteiger partial charge in [0, 0.05) is 6.42 Å². The fourth-order valence-corrected chi connectivity index (χ4v) is 1.66. The van der Waals surface area contributed by atoms with Crippen LogP contribution in [0, 0.1) is 10.8 Å². The minimum atomic E-state index is -3.03. The van der Waals surface area contributed by atoms with E-state index in [-0.39, 0.29) is 0 Å². The molecule has 0 radical (unpaired) electrons. The summed E-state index contributed by atoms with van der Waals surface area (Å²) in [6.07, 6.45) is -0.529. The molecule has 0 heterocycles. The zero-order chi connectivity index (χ0) is 9.78. The standard InChI is InChI=1S/C8H12F2O2/c1-6(2,3)7(5(11)12)4-8(7,9)10/h4H2,1-3H3,(H,11,12). The number of hydrogen-bond acceptors (Lipinski definition) is 1. The molecule has 1 unspecified atom stereocenters. The Hall–Kier alpha value is -0.670. The first kappa shape index (κ1) is 9.42. The maximum Gasteiger partial charge on any atom is 0.316 e. The lowest BCUT2D eigenvalue weighted by Gasteiger charge is -2.26. The van der Waals surface area contributed by atoms with Crippen LogP contribution in [0.1, 0.15) is 27.2 Å². The van der Waals surface area contributed by atoms with E-state index in [1.807, 2.05) is 0 Å². The van der Waals surface area contributed by atoms with Crippen LogP contribution in [0.15, 0.2) is 0 Å². The molecular weight excluding hydrogens is 166 g/mol. The summed E-state index contributed by atoms with van der Waals surface area (Å²) in [6.45, 7) is 4.59. The molecule has 1 fully saturated rings. The van der Waals surface area contributed by atoms with Gasteiger partial charge in [-0.25, -0.2) is 8.78 Å². The average Bonchev–Trinajstić information content (AvgIpc) is 2.33. The molecule has 0 aromatic heterocycles. The average molecular weight is 178 g/mol. The van der Waals surface area contributed by atoms with Gasteiger partial charge in [0.25, 0.3) is 5.92 Å². The van der Waals surface area contributed by atoms with Gasteiger partial charge in [0.1, 0.15) is 5.41 Å². The van der Waals surface area contributed by atoms with Gasteiger partial charge in [-0.1, -0.05) is 20.8 Å². The Kier molecular flexibility index (Phi) is 1.55. The van der Waals surface area contributed by atoms with Crippen LogP contribution in [-0.4, -0.2) is 17.0 Å². The van der Waals surface area contributed by atoms with Crippen LogP contribution >= 0.6 is 0 Å². The predicted molar refractivity (Wildman–Crippen MR) is 39.1 cm³/mol. The zero-order valence-electron chi connectivity index (χ0n) is 7.32. The van der Waals surface area contributed by atoms with Crippen LogP contribution < -0.4 is 0 Å². The molecule has 2 nitrogen and oxygen atoms in total. The Morgan fingerprint density at radius 2 is 1.75 bits per heavy atom. The van der Waals surface area contributed by atoms with Crippen molar-refractivity contribution < 1.29 is 18.7 Å². The molecule has 1 aliphatic rings. The number of rotatable bonds is 1. The molecule has 4 heteroatoms. The summed E-state index contributed by atoms with van der Waals surface area (Å²) < 4.78 is 25.6. The minimum absolute atomic E-state index is 0.529. The molecular formula is C8H12F2O2. The maximum absolute atomic E-state index is 12.8. The third kappa shape index (κ3) is 0.867. The molecule has 0 amide bonds. The van der Waals surface area contributed by atoms with Gasteiger partial charge in [-0.2, -0.15) is 0 Å². The van der Waals surface area contributed by atoms with Crippen LogP contribution in [0.25, 0.3) is 0 Å². The van der Waals surface area contributed by atoms with Crippen molar-refractivity contribution in [3.8, 4) is 0 Å². The molecule has 1 saturated carbocycles. The van der Waals surface area contributed by atoms with Crippen LogP contribution in [0.3, 0.4) is 0 Å². The SMILES string of the molecule is CC(C)(C)C1(C(=O)O)CC1(F)F. The normalized spacial score (nSPS) is 33.1. The number of halogens is 2. The lowest BCUT2D eigenvalue weighted by atomic mass is 9.77. The van der Waals surface area contributed by atoms with Gasteiger partial charge in [-0.3, -0.25) is 4.79 Å². The first-order valence-electron chi connectivity index (χ1n) is 3.76. The Bertz CT molecular complexity index is 230. The van der Waals surface area contributed by atoms with Crippen LogP contribution in [-0.2, 0) is 4.79 Å². The molecule has 70 valence electrons. The highest BCUT2D eigenvalue weighted by atomic mass is 19.3. The Balaban J connectivity index is 3.03. The van der Waals surface area contributed by atoms with Gasteiger partial charge in [0.05, 0.1) is 0 Å². The van der Waals surface area contributed by atoms with Gasteiger partial charge in [-0.15, -0.1) is 0 Å². The van der Waals surface area contributed by atoms with E-state index in [1.54, 1.807) is 0 Å². The summed E-state index contributed by atoms with van der Waals surface area (Å²) in [7, 11) is 0. The molecule has 1 N–H and O–H groups in total. The van der Waals surface area contributed by atoms with Crippen molar-refractivity contribution in [3.63, 3.8) is 0 Å². The van der Waals surface area contributed by atoms with E-state index in [1.165, 1.54) is 20.8 Å². The van der Waals surface area contributed by atoms with Gasteiger partial charge in [0.15, 0.2) is 0 Å². The van der Waals surface area contributed by atoms with Gasteiger partial charge < -0.3 is 5.11 Å². The van der Waals surface area contributed by atoms with E-state index < -0.39 is 29.1 Å². The first-order valence-corrected chi connectivity index (χ1v) is 3.76. The van der Waals surface area contributed by atoms with Gasteiger partial charge >= 0.3 is 5.97 Å². The number of hydrogen-bond donors (Lipinski definition) is 1. The van der Waals surface area contributed by atoms with Crippen LogP contribution in [0.5, 0.6) is 0 Å². The zero-order valence-corrected chi connectivity index (χ0v) is 7.32. The largest absolute Gasteiger partial charge is 0.481 e. The maximum atomic E-state index is 12.8. The lowest BCUT2D eigenvalue weighted by molar-refractivity contribution is -0.154. The number of aliphatic carboxylic acids is 1. The molecule has 1 rings (SSSR count). The second-order valence-electron chi connectivity index (χ2n) is 4.34. The van der Waals surface area contributed by atoms with Gasteiger partial charge in [0.2, 0.25) is 0 Å². The number of carboxylic acid groups (broad SMARTS) is 1. The Labute approximate surface area is 69.6 Å². The van der Waals surface area contributed by atoms with Gasteiger partial charge in [-0.05, 0) is 5.41 Å². The molecule has 0 aliphatic heterocycles. The second kappa shape index (κ2) is 1.98. The van der Waals surface area contributed by atoms with Crippen molar-refractivity contribution in [1.82, 2.24) is 0 Å². The third-order valence-corrected chi connectivity index (χ3v) is 2.63. The smallest absolute Gasteiger partial charge is 0.316 e. The highest BCUT2D eigenvalue weighted by molar-refractivity contribution is 5.81. The van der Waals surface area contributed by atoms with E-state index in [2.05, 4.69) is 0 Å². The number of alkyl halides is 2. The van der Waals surface area contributed by atoms with Crippen molar-refractivity contribution >= 4 is 5.97 Å². The topological polar surface area (TPSA) is 37.3 Å². The molecule has 1 aliphatic carbocycles. The Morgan fingerprint density at radius 3 is 1.75 bits per heavy atom. The van der Waals surface area contributed by atoms with E-state index in [0.717, 1.165) is 0 Å². The number of carboxylic acids is 1. The van der Waals surface area contributed by atoms with Crippen molar-refractivity contribution in [2.45, 2.75) is 33.1 Å². The summed E-state index contributed by atoms with van der Waals surface area (Å²) in [6, 6.07) is 0. The molecule has 0 aromatic rings. The third-order valence-electron chi connectivity index (χ3n) is 2.63. The summed E-state index contributed by atoms with van der Waals surface area (Å²) in [5, 5.41) is 8.70. The molecule has 0 spiro atoms. The van der Waals surface area contributed by atoms with Crippen molar-refractivity contribution in [2.24, 2.45) is 10.8 Å². The van der Waals surface area contributed by atoms with E-state index in [0.29, 0.717) is 0 Å². The van der Waals surface area contributed by atoms with Crippen molar-refractivity contribution in [3.05, 3.63) is 0 Å². The fraction of sp³-hybridized carbons (Fsp3) is 0.875. The van der Waals surface area contributed by atoms with E-state index in [4.69, 9.17) is 5.11 Å². The molecule has 12 heavy (non-hydrogen) atoms. The minimum Gasteiger partial charge on any atom is -0.481 e. The lowest BCUT2D eigenvalue weighted by Crippen LogP contribution is -2.35. The Morgan fingerprint density at radius 1 is 1.42 bits per heavy atom. The quantitative estimate of drug-likeness (QED) is 0.667. The van der Waals surface area contributed by atoms with E-state index in [9.17, 15) is 13.6 Å². The van der Waals surface area contributed by atoms with Crippen molar-refractivity contribution in [2.75, 3.05) is 0 Å². The van der Waals surface area contributed by atoms with Crippen molar-refractivity contribution in [1.29, 1.82) is 0 Å². The summed E-state index contributed by atoms with van der Waals surface area (Å²) in [5.74, 6) is -4.42. The second-order valence-corrected chi connectivity index (χ2v) is 4.34. The molecule has 0 bridgehead atoms. The molecule has 0 saturated heterocycles. The first-order chi connectivity index (χ1) is 5.15. The summed E-state index contributed by atoms with van der Waals surface area (Å²) >= 11 is 0. The predicted octanol–water partition coefficient (Wildman–Crippen LogP) is 2.14. The fourth-order valence-electron chi connectivity index (χ4n) is 1.66. The van der Waals surface area contributed by atoms with E-state index >= 15 is 0 Å². The van der Waals surface area contributed by atoms with Crippen LogP contribution in [0.2, 0.25) is 0 Å². The van der Waals surface area contributed by atoms with Crippen LogP contribution in [0.4, 0.5) is 8.78 Å². The molecule has 1 atom stereocenters. The summed E-state index contributed by atoms with van der Waals surface area (Å²) in [4.78, 5) is 10.7. The highest BCUT2D eigenvalue weighted by Gasteiger charge is 2.80. The summed E-state index contributed by atoms with van der Waals surface area (Å²) in [5.41, 5.74) is -2.72. The monoisotopic (exact) mass is 178 g/mol. The highest BCUT2D eigenvalue weighted by Crippen LogP contribution is 2.69.